The zero-order chi connectivity index (χ0) is 14.8. The van der Waals surface area contributed by atoms with Gasteiger partial charge in [0.05, 0.1) is 11.0 Å². The first kappa shape index (κ1) is 13.8. The first-order valence-electron chi connectivity index (χ1n) is 7.16. The van der Waals surface area contributed by atoms with Crippen molar-refractivity contribution < 1.29 is 5.11 Å². The van der Waals surface area contributed by atoms with Crippen LogP contribution < -0.4 is 5.73 Å². The minimum Gasteiger partial charge on any atom is -0.380 e. The Morgan fingerprint density at radius 3 is 2.62 bits per heavy atom. The Balaban J connectivity index is 2.13. The van der Waals surface area contributed by atoms with Crippen molar-refractivity contribution in [2.45, 2.75) is 26.1 Å². The summed E-state index contributed by atoms with van der Waals surface area (Å²) in [6.07, 6.45) is -0.722. The van der Waals surface area contributed by atoms with Gasteiger partial charge in [0.15, 0.2) is 0 Å². The van der Waals surface area contributed by atoms with Crippen LogP contribution in [0.2, 0.25) is 0 Å². The van der Waals surface area contributed by atoms with Crippen molar-refractivity contribution in [2.24, 2.45) is 5.73 Å². The maximum Gasteiger partial charge on any atom is 0.143 e. The number of rotatable bonds is 4. The van der Waals surface area contributed by atoms with Crippen LogP contribution in [-0.4, -0.2) is 14.7 Å². The third kappa shape index (κ3) is 2.44. The Bertz CT molecular complexity index is 749. The smallest absolute Gasteiger partial charge is 0.143 e. The van der Waals surface area contributed by atoms with Crippen molar-refractivity contribution in [1.82, 2.24) is 9.55 Å². The molecule has 1 aromatic heterocycles. The number of nitrogens with zero attached hydrogens (tertiary/aromatic N) is 2. The van der Waals surface area contributed by atoms with Crippen LogP contribution in [0.5, 0.6) is 0 Å². The molecule has 2 aromatic carbocycles. The molecule has 3 aromatic rings. The van der Waals surface area contributed by atoms with E-state index in [0.717, 1.165) is 28.7 Å². The number of fused-ring (bicyclic) bond motifs is 1. The Hall–Kier alpha value is -2.17. The van der Waals surface area contributed by atoms with Gasteiger partial charge < -0.3 is 15.4 Å². The number of hydrogen-bond acceptors (Lipinski definition) is 3. The number of nitrogens with two attached hydrogens (primary N) is 1. The first-order valence-corrected chi connectivity index (χ1v) is 7.16. The number of aliphatic hydroxyl groups excluding tert-OH is 1. The van der Waals surface area contributed by atoms with Crippen molar-refractivity contribution >= 4 is 11.0 Å². The maximum atomic E-state index is 10.6. The Morgan fingerprint density at radius 2 is 1.95 bits per heavy atom. The summed E-state index contributed by atoms with van der Waals surface area (Å²) in [5, 5.41) is 10.6. The highest BCUT2D eigenvalue weighted by atomic mass is 16.3. The summed E-state index contributed by atoms with van der Waals surface area (Å²) < 4.78 is 2.05. The SMILES string of the molecule is CCn1c(C(O)c2ccccc2)nc2cc(CN)ccc21. The van der Waals surface area contributed by atoms with Gasteiger partial charge in [-0.05, 0) is 30.2 Å². The predicted octanol–water partition coefficient (Wildman–Crippen LogP) is 2.60. The quantitative estimate of drug-likeness (QED) is 0.772. The number of aromatic nitrogens is 2. The van der Waals surface area contributed by atoms with E-state index in [-0.39, 0.29) is 0 Å². The first-order chi connectivity index (χ1) is 10.2. The summed E-state index contributed by atoms with van der Waals surface area (Å²) >= 11 is 0. The lowest BCUT2D eigenvalue weighted by Gasteiger charge is -2.12. The number of hydrogen-bond donors (Lipinski definition) is 2. The van der Waals surface area contributed by atoms with Gasteiger partial charge in [-0.25, -0.2) is 4.98 Å². The summed E-state index contributed by atoms with van der Waals surface area (Å²) in [6.45, 7) is 3.31. The van der Waals surface area contributed by atoms with Crippen molar-refractivity contribution in [1.29, 1.82) is 0 Å². The average molecular weight is 281 g/mol. The fourth-order valence-electron chi connectivity index (χ4n) is 2.65. The lowest BCUT2D eigenvalue weighted by Crippen LogP contribution is -2.09. The molecule has 0 spiro atoms. The zero-order valence-corrected chi connectivity index (χ0v) is 12.0. The van der Waals surface area contributed by atoms with E-state index in [1.54, 1.807) is 0 Å². The highest BCUT2D eigenvalue weighted by Gasteiger charge is 2.18. The van der Waals surface area contributed by atoms with Crippen LogP contribution in [0, 0.1) is 0 Å². The van der Waals surface area contributed by atoms with Crippen LogP contribution in [0.4, 0.5) is 0 Å². The van der Waals surface area contributed by atoms with Crippen LogP contribution in [0.25, 0.3) is 11.0 Å². The van der Waals surface area contributed by atoms with Crippen LogP contribution >= 0.6 is 0 Å². The summed E-state index contributed by atoms with van der Waals surface area (Å²) in [4.78, 5) is 4.63. The van der Waals surface area contributed by atoms with Crippen LogP contribution in [0.1, 0.15) is 30.0 Å². The van der Waals surface area contributed by atoms with Gasteiger partial charge in [-0.1, -0.05) is 36.4 Å². The Morgan fingerprint density at radius 1 is 1.19 bits per heavy atom. The predicted molar refractivity (Wildman–Crippen MR) is 83.8 cm³/mol. The third-order valence-electron chi connectivity index (χ3n) is 3.75. The van der Waals surface area contributed by atoms with Crippen LogP contribution in [0.3, 0.4) is 0 Å². The molecule has 21 heavy (non-hydrogen) atoms. The second-order valence-electron chi connectivity index (χ2n) is 5.05. The van der Waals surface area contributed by atoms with Gasteiger partial charge in [0, 0.05) is 13.1 Å². The molecular weight excluding hydrogens is 262 g/mol. The molecule has 0 aliphatic heterocycles. The minimum atomic E-state index is -0.722. The number of imidazole rings is 1. The topological polar surface area (TPSA) is 64.1 Å². The van der Waals surface area contributed by atoms with E-state index in [4.69, 9.17) is 5.73 Å². The molecule has 1 unspecified atom stereocenters. The van der Waals surface area contributed by atoms with E-state index < -0.39 is 6.10 Å². The third-order valence-corrected chi connectivity index (χ3v) is 3.75. The van der Waals surface area contributed by atoms with Gasteiger partial charge in [-0.15, -0.1) is 0 Å². The van der Waals surface area contributed by atoms with Crippen LogP contribution in [-0.2, 0) is 13.1 Å². The monoisotopic (exact) mass is 281 g/mol. The number of benzene rings is 2. The molecule has 0 saturated carbocycles. The average Bonchev–Trinajstić information content (AvgIpc) is 2.92. The highest BCUT2D eigenvalue weighted by Crippen LogP contribution is 2.26. The zero-order valence-electron chi connectivity index (χ0n) is 12.0. The van der Waals surface area contributed by atoms with E-state index in [0.29, 0.717) is 12.4 Å². The lowest BCUT2D eigenvalue weighted by molar-refractivity contribution is 0.205. The molecule has 1 heterocycles. The molecule has 0 aliphatic carbocycles. The van der Waals surface area contributed by atoms with Gasteiger partial charge in [-0.2, -0.15) is 0 Å². The van der Waals surface area contributed by atoms with E-state index in [9.17, 15) is 5.11 Å². The maximum absolute atomic E-state index is 10.6. The van der Waals surface area contributed by atoms with Gasteiger partial charge >= 0.3 is 0 Å². The fraction of sp³-hybridized carbons (Fsp3) is 0.235. The normalized spacial score (nSPS) is 12.7. The Kier molecular flexibility index (Phi) is 3.73. The largest absolute Gasteiger partial charge is 0.380 e. The molecule has 0 radical (unpaired) electrons. The highest BCUT2D eigenvalue weighted by molar-refractivity contribution is 5.77. The summed E-state index contributed by atoms with van der Waals surface area (Å²) in [5.41, 5.74) is 9.49. The molecule has 3 N–H and O–H groups in total. The van der Waals surface area contributed by atoms with E-state index in [1.165, 1.54) is 0 Å². The second-order valence-corrected chi connectivity index (χ2v) is 5.05. The summed E-state index contributed by atoms with van der Waals surface area (Å²) in [7, 11) is 0. The van der Waals surface area contributed by atoms with Crippen molar-refractivity contribution in [3.05, 3.63) is 65.5 Å². The molecule has 0 saturated heterocycles. The molecule has 0 fully saturated rings. The van der Waals surface area contributed by atoms with E-state index in [1.807, 2.05) is 53.1 Å². The number of aryl methyl sites for hydroxylation is 1. The molecule has 4 heteroatoms. The molecule has 0 aliphatic rings. The van der Waals surface area contributed by atoms with Crippen molar-refractivity contribution in [2.75, 3.05) is 0 Å². The number of aliphatic hydroxyl groups is 1. The lowest BCUT2D eigenvalue weighted by atomic mass is 10.1. The van der Waals surface area contributed by atoms with Crippen molar-refractivity contribution in [3.63, 3.8) is 0 Å². The second kappa shape index (κ2) is 5.68. The van der Waals surface area contributed by atoms with E-state index in [2.05, 4.69) is 11.9 Å². The molecule has 4 nitrogen and oxygen atoms in total. The molecule has 0 amide bonds. The minimum absolute atomic E-state index is 0.492. The molecular formula is C17H19N3O. The van der Waals surface area contributed by atoms with Gasteiger partial charge in [0.25, 0.3) is 0 Å². The van der Waals surface area contributed by atoms with Gasteiger partial charge in [-0.3, -0.25) is 0 Å². The molecule has 108 valence electrons. The molecule has 0 bridgehead atoms. The Labute approximate surface area is 123 Å². The molecule has 3 rings (SSSR count). The fourth-order valence-corrected chi connectivity index (χ4v) is 2.65. The van der Waals surface area contributed by atoms with Gasteiger partial charge in [0.1, 0.15) is 11.9 Å². The van der Waals surface area contributed by atoms with Gasteiger partial charge in [0.2, 0.25) is 0 Å². The summed E-state index contributed by atoms with van der Waals surface area (Å²) in [6, 6.07) is 15.6. The standard InChI is InChI=1S/C17H19N3O/c1-2-20-15-9-8-12(11-18)10-14(15)19-17(20)16(21)13-6-4-3-5-7-13/h3-10,16,21H,2,11,18H2,1H3. The summed E-state index contributed by atoms with van der Waals surface area (Å²) in [5.74, 6) is 0.674. The van der Waals surface area contributed by atoms with Crippen molar-refractivity contribution in [3.8, 4) is 0 Å². The van der Waals surface area contributed by atoms with Crippen LogP contribution in [0.15, 0.2) is 48.5 Å². The van der Waals surface area contributed by atoms with E-state index >= 15 is 0 Å². The molecule has 1 atom stereocenters.